The van der Waals surface area contributed by atoms with Gasteiger partial charge in [0.2, 0.25) is 5.78 Å². The maximum atomic E-state index is 12.9. The third-order valence-electron chi connectivity index (χ3n) is 4.97. The minimum absolute atomic E-state index is 0.0168. The third kappa shape index (κ3) is 3.64. The summed E-state index contributed by atoms with van der Waals surface area (Å²) in [6.45, 7) is 7.17. The van der Waals surface area contributed by atoms with Crippen molar-refractivity contribution >= 4 is 11.7 Å². The number of aromatic nitrogens is 1. The van der Waals surface area contributed by atoms with Crippen LogP contribution in [0.5, 0.6) is 0 Å². The van der Waals surface area contributed by atoms with Gasteiger partial charge in [-0.15, -0.1) is 0 Å². The van der Waals surface area contributed by atoms with Crippen LogP contribution in [0.1, 0.15) is 36.1 Å². The first-order chi connectivity index (χ1) is 13.1. The maximum absolute atomic E-state index is 12.9. The Labute approximate surface area is 157 Å². The summed E-state index contributed by atoms with van der Waals surface area (Å²) in [5.74, 6) is -1.49. The maximum Gasteiger partial charge on any atom is 0.290 e. The standard InChI is InChI=1S/C20H23N3O4/c1-3-22(4-2)11-12-23-17(14-8-5-6-10-21-14)16(19(25)20(23)26)18(24)15-9-7-13-27-15/h5-10,13,17,25H,3-4,11-12H2,1-2H3/p+1/t17-/m1/s1. The Bertz CT molecular complexity index is 826. The van der Waals surface area contributed by atoms with Crippen molar-refractivity contribution in [2.24, 2.45) is 0 Å². The van der Waals surface area contributed by atoms with E-state index in [1.807, 2.05) is 0 Å². The van der Waals surface area contributed by atoms with Crippen molar-refractivity contribution in [1.82, 2.24) is 9.88 Å². The van der Waals surface area contributed by atoms with Crippen molar-refractivity contribution in [3.8, 4) is 0 Å². The summed E-state index contributed by atoms with van der Waals surface area (Å²) in [6, 6.07) is 7.70. The molecule has 0 aromatic carbocycles. The van der Waals surface area contributed by atoms with Crippen LogP contribution in [0.3, 0.4) is 0 Å². The third-order valence-corrected chi connectivity index (χ3v) is 4.97. The zero-order valence-electron chi connectivity index (χ0n) is 15.5. The van der Waals surface area contributed by atoms with Crippen LogP contribution in [-0.2, 0) is 4.79 Å². The number of quaternary nitrogens is 1. The summed E-state index contributed by atoms with van der Waals surface area (Å²) in [4.78, 5) is 32.9. The van der Waals surface area contributed by atoms with Crippen molar-refractivity contribution in [3.63, 3.8) is 0 Å². The number of nitrogens with one attached hydrogen (secondary N) is 1. The molecule has 1 atom stereocenters. The molecule has 3 rings (SSSR count). The van der Waals surface area contributed by atoms with Crippen LogP contribution >= 0.6 is 0 Å². The van der Waals surface area contributed by atoms with Gasteiger partial charge >= 0.3 is 0 Å². The second-order valence-corrected chi connectivity index (χ2v) is 6.43. The van der Waals surface area contributed by atoms with E-state index >= 15 is 0 Å². The molecule has 0 aliphatic carbocycles. The minimum Gasteiger partial charge on any atom is -0.503 e. The van der Waals surface area contributed by atoms with Crippen molar-refractivity contribution in [2.45, 2.75) is 19.9 Å². The highest BCUT2D eigenvalue weighted by atomic mass is 16.3. The summed E-state index contributed by atoms with van der Waals surface area (Å²) in [5, 5.41) is 10.5. The summed E-state index contributed by atoms with van der Waals surface area (Å²) in [7, 11) is 0. The lowest BCUT2D eigenvalue weighted by Crippen LogP contribution is -3.12. The quantitative estimate of drug-likeness (QED) is 0.681. The highest BCUT2D eigenvalue weighted by Crippen LogP contribution is 2.37. The topological polar surface area (TPSA) is 88.1 Å². The van der Waals surface area contributed by atoms with Crippen molar-refractivity contribution in [2.75, 3.05) is 26.2 Å². The highest BCUT2D eigenvalue weighted by Gasteiger charge is 2.45. The number of ketones is 1. The van der Waals surface area contributed by atoms with Gasteiger partial charge in [0.1, 0.15) is 6.04 Å². The number of amides is 1. The van der Waals surface area contributed by atoms with Crippen LogP contribution in [0, 0.1) is 0 Å². The first-order valence-corrected chi connectivity index (χ1v) is 9.15. The summed E-state index contributed by atoms with van der Waals surface area (Å²) >= 11 is 0. The number of rotatable bonds is 8. The summed E-state index contributed by atoms with van der Waals surface area (Å²) in [5.41, 5.74) is 0.558. The van der Waals surface area contributed by atoms with Crippen molar-refractivity contribution < 1.29 is 24.0 Å². The van der Waals surface area contributed by atoms with E-state index in [1.165, 1.54) is 22.1 Å². The number of pyridine rings is 1. The largest absolute Gasteiger partial charge is 0.503 e. The number of carbonyl (C=O) groups is 2. The lowest BCUT2D eigenvalue weighted by atomic mass is 9.98. The Morgan fingerprint density at radius 1 is 1.26 bits per heavy atom. The molecule has 7 nitrogen and oxygen atoms in total. The zero-order valence-corrected chi connectivity index (χ0v) is 15.5. The Kier molecular flexibility index (Phi) is 5.71. The van der Waals surface area contributed by atoms with E-state index in [0.717, 1.165) is 19.6 Å². The average Bonchev–Trinajstić information content (AvgIpc) is 3.31. The van der Waals surface area contributed by atoms with Gasteiger partial charge in [0.15, 0.2) is 11.5 Å². The number of carbonyl (C=O) groups excluding carboxylic acids is 2. The molecule has 1 aliphatic rings. The number of likely N-dealkylation sites (N-methyl/N-ethyl adjacent to an activating group) is 1. The molecule has 27 heavy (non-hydrogen) atoms. The molecule has 0 radical (unpaired) electrons. The van der Waals surface area contributed by atoms with Gasteiger partial charge in [0.05, 0.1) is 43.7 Å². The number of aliphatic hydroxyl groups excluding tert-OH is 1. The Morgan fingerprint density at radius 2 is 2.04 bits per heavy atom. The van der Waals surface area contributed by atoms with Gasteiger partial charge in [-0.3, -0.25) is 14.6 Å². The van der Waals surface area contributed by atoms with E-state index in [-0.39, 0.29) is 11.3 Å². The van der Waals surface area contributed by atoms with Gasteiger partial charge < -0.3 is 19.3 Å². The predicted octanol–water partition coefficient (Wildman–Crippen LogP) is 1.18. The van der Waals surface area contributed by atoms with Gasteiger partial charge in [-0.2, -0.15) is 0 Å². The second-order valence-electron chi connectivity index (χ2n) is 6.43. The molecule has 0 saturated carbocycles. The molecule has 1 amide bonds. The molecular weight excluding hydrogens is 346 g/mol. The molecule has 2 aromatic rings. The molecule has 0 fully saturated rings. The lowest BCUT2D eigenvalue weighted by Gasteiger charge is -2.27. The monoisotopic (exact) mass is 370 g/mol. The Morgan fingerprint density at radius 3 is 2.63 bits per heavy atom. The SMILES string of the molecule is CC[NH+](CC)CCN1C(=O)C(O)=C(C(=O)c2ccco2)[C@H]1c1ccccn1. The van der Waals surface area contributed by atoms with Crippen LogP contribution in [0.4, 0.5) is 0 Å². The number of hydrogen-bond donors (Lipinski definition) is 2. The predicted molar refractivity (Wildman–Crippen MR) is 98.3 cm³/mol. The molecule has 1 aliphatic heterocycles. The number of hydrogen-bond acceptors (Lipinski definition) is 5. The van der Waals surface area contributed by atoms with Gasteiger partial charge in [-0.1, -0.05) is 6.07 Å². The van der Waals surface area contributed by atoms with Gasteiger partial charge in [0.25, 0.3) is 5.91 Å². The first-order valence-electron chi connectivity index (χ1n) is 9.15. The van der Waals surface area contributed by atoms with Gasteiger partial charge in [-0.05, 0) is 38.1 Å². The van der Waals surface area contributed by atoms with Crippen LogP contribution < -0.4 is 4.90 Å². The fraction of sp³-hybridized carbons (Fsp3) is 0.350. The normalized spacial score (nSPS) is 17.2. The van der Waals surface area contributed by atoms with Gasteiger partial charge in [-0.25, -0.2) is 0 Å². The Balaban J connectivity index is 1.98. The fourth-order valence-corrected chi connectivity index (χ4v) is 3.38. The van der Waals surface area contributed by atoms with Crippen molar-refractivity contribution in [1.29, 1.82) is 0 Å². The minimum atomic E-state index is -0.730. The molecule has 7 heteroatoms. The number of furan rings is 1. The average molecular weight is 370 g/mol. The van der Waals surface area contributed by atoms with E-state index in [4.69, 9.17) is 4.42 Å². The fourth-order valence-electron chi connectivity index (χ4n) is 3.38. The van der Waals surface area contributed by atoms with E-state index < -0.39 is 23.5 Å². The zero-order chi connectivity index (χ0) is 19.4. The molecular formula is C20H24N3O4+. The van der Waals surface area contributed by atoms with E-state index in [1.54, 1.807) is 30.5 Å². The number of nitrogens with zero attached hydrogens (tertiary/aromatic N) is 2. The van der Waals surface area contributed by atoms with Gasteiger partial charge in [0, 0.05) is 6.20 Å². The molecule has 0 bridgehead atoms. The van der Waals surface area contributed by atoms with Crippen LogP contribution in [-0.4, -0.2) is 52.9 Å². The molecule has 0 saturated heterocycles. The summed E-state index contributed by atoms with van der Waals surface area (Å²) in [6.07, 6.45) is 3.00. The lowest BCUT2D eigenvalue weighted by molar-refractivity contribution is -0.895. The summed E-state index contributed by atoms with van der Waals surface area (Å²) < 4.78 is 5.19. The molecule has 142 valence electrons. The van der Waals surface area contributed by atoms with Crippen LogP contribution in [0.2, 0.25) is 0 Å². The first kappa shape index (κ1) is 18.8. The highest BCUT2D eigenvalue weighted by molar-refractivity contribution is 6.14. The smallest absolute Gasteiger partial charge is 0.290 e. The molecule has 3 heterocycles. The molecule has 0 unspecified atom stereocenters. The van der Waals surface area contributed by atoms with E-state index in [2.05, 4.69) is 18.8 Å². The molecule has 0 spiro atoms. The number of Topliss-reactive ketones (excluding diaryl/α,β-unsaturated/α-hetero) is 1. The molecule has 2 N–H and O–H groups in total. The van der Waals surface area contributed by atoms with Crippen molar-refractivity contribution in [3.05, 3.63) is 65.6 Å². The Hall–Kier alpha value is -2.93. The number of aliphatic hydroxyl groups is 1. The van der Waals surface area contributed by atoms with Crippen LogP contribution in [0.25, 0.3) is 0 Å². The van der Waals surface area contributed by atoms with E-state index in [9.17, 15) is 14.7 Å². The second kappa shape index (κ2) is 8.18. The molecule has 2 aromatic heterocycles. The van der Waals surface area contributed by atoms with Crippen LogP contribution in [0.15, 0.2) is 58.5 Å². The van der Waals surface area contributed by atoms with E-state index in [0.29, 0.717) is 12.2 Å².